The third-order valence-electron chi connectivity index (χ3n) is 18.1. The van der Waals surface area contributed by atoms with E-state index in [4.69, 9.17) is 20.1 Å². The predicted octanol–water partition coefficient (Wildman–Crippen LogP) is 7.29. The number of nitrogens with two attached hydrogens (primary N) is 1. The molecule has 19 heteroatoms. The third-order valence-corrected chi connectivity index (χ3v) is 18.1. The Hall–Kier alpha value is -7.11. The van der Waals surface area contributed by atoms with Gasteiger partial charge in [0.1, 0.15) is 23.5 Å². The van der Waals surface area contributed by atoms with Gasteiger partial charge in [-0.05, 0) is 139 Å². The van der Waals surface area contributed by atoms with E-state index in [0.717, 1.165) is 126 Å². The number of nitrogens with zero attached hydrogens (tertiary/aromatic N) is 11. The number of imidazole rings is 1. The highest BCUT2D eigenvalue weighted by molar-refractivity contribution is 5.91. The van der Waals surface area contributed by atoms with Crippen molar-refractivity contribution in [1.29, 1.82) is 0 Å². The van der Waals surface area contributed by atoms with Gasteiger partial charge in [0.2, 0.25) is 11.8 Å². The number of hydrogen-bond donors (Lipinski definition) is 4. The van der Waals surface area contributed by atoms with E-state index in [0.29, 0.717) is 52.7 Å². The number of para-hydroxylation sites is 1. The van der Waals surface area contributed by atoms with Gasteiger partial charge >= 0.3 is 0 Å². The molecule has 19 nitrogen and oxygen atoms in total. The quantitative estimate of drug-likeness (QED) is 0.0699. The molecule has 2 amide bonds. The number of amides is 2. The smallest absolute Gasteiger partial charge is 0.243 e. The minimum Gasteiger partial charge on any atom is -0.507 e. The molecular weight excluding hydrogens is 1020 g/mol. The summed E-state index contributed by atoms with van der Waals surface area (Å²) in [6, 6.07) is 18.4. The number of ether oxygens (including phenoxy) is 1. The number of aliphatic hydroxyl groups is 1. The largest absolute Gasteiger partial charge is 0.507 e. The summed E-state index contributed by atoms with van der Waals surface area (Å²) in [6.07, 6.45) is 16.4. The molecule has 5 N–H and O–H groups in total. The van der Waals surface area contributed by atoms with E-state index in [1.807, 2.05) is 81.1 Å². The molecule has 4 aliphatic heterocycles. The molecule has 5 aliphatic rings. The van der Waals surface area contributed by atoms with Crippen molar-refractivity contribution in [1.82, 2.24) is 54.7 Å². The Bertz CT molecular complexity index is 3170. The van der Waals surface area contributed by atoms with Gasteiger partial charge in [-0.3, -0.25) is 14.3 Å². The summed E-state index contributed by atoms with van der Waals surface area (Å²) in [5, 5.41) is 41.6. The number of benzene rings is 2. The normalized spacial score (nSPS) is 22.8. The van der Waals surface area contributed by atoms with Gasteiger partial charge < -0.3 is 54.7 Å². The summed E-state index contributed by atoms with van der Waals surface area (Å²) in [7, 11) is 0. The van der Waals surface area contributed by atoms with Crippen molar-refractivity contribution in [2.75, 3.05) is 63.0 Å². The number of aliphatic hydroxyl groups excluding tert-OH is 1. The number of carbonyl (C=O) groups excluding carboxylic acids is 2. The van der Waals surface area contributed by atoms with E-state index in [-0.39, 0.29) is 54.3 Å². The Morgan fingerprint density at radius 1 is 0.889 bits per heavy atom. The maximum atomic E-state index is 14.4. The Morgan fingerprint density at radius 3 is 2.36 bits per heavy atom. The fourth-order valence-electron chi connectivity index (χ4n) is 13.0. The van der Waals surface area contributed by atoms with Crippen LogP contribution in [0, 0.1) is 36.5 Å². The first-order chi connectivity index (χ1) is 39.2. The molecule has 428 valence electrons. The van der Waals surface area contributed by atoms with E-state index in [1.54, 1.807) is 36.7 Å². The predicted molar refractivity (Wildman–Crippen MR) is 308 cm³/mol. The van der Waals surface area contributed by atoms with Gasteiger partial charge in [0.25, 0.3) is 0 Å². The van der Waals surface area contributed by atoms with Crippen molar-refractivity contribution in [3.8, 4) is 34.5 Å². The van der Waals surface area contributed by atoms with E-state index >= 15 is 0 Å². The monoisotopic (exact) mass is 1100 g/mol. The lowest BCUT2D eigenvalue weighted by Crippen LogP contribution is -2.52. The Labute approximate surface area is 475 Å². The average Bonchev–Trinajstić information content (AvgIpc) is 4.31. The lowest BCUT2D eigenvalue weighted by Gasteiger charge is -2.47. The highest BCUT2D eigenvalue weighted by Crippen LogP contribution is 2.38. The fourth-order valence-corrected chi connectivity index (χ4v) is 13.0. The summed E-state index contributed by atoms with van der Waals surface area (Å²) in [6.45, 7) is 17.4. The number of phenolic OH excluding ortho intramolecular Hbond substituents is 1. The lowest BCUT2D eigenvalue weighted by molar-refractivity contribution is -0.141. The first kappa shape index (κ1) is 55.8. The third kappa shape index (κ3) is 12.7. The lowest BCUT2D eigenvalue weighted by atomic mass is 9.83. The highest BCUT2D eigenvalue weighted by atomic mass is 16.5. The number of hydrogen-bond acceptors (Lipinski definition) is 15. The maximum absolute atomic E-state index is 14.4. The molecular formula is C62H79N13O6. The number of aromatic hydroxyl groups is 1. The maximum Gasteiger partial charge on any atom is 0.243 e. The standard InChI is InChI=1S/C62H79N13O6/c1-39(2)59(62(79)74-38-50(76)33-55(74)61(78)66-40(3)45-12-14-48(15-13-45)73-29-22-64-42(73)5)57-34-58(69-81-57)72-25-16-43(17-26-72)36-70-23-20-51(21-24-70)80-52-31-49(32-52)71-27-18-46(19-28-71)41(4)75-37-44(35-65-75)10-11-47-30-54(67-68-60(47)63)53-8-6-7-9-56(53)77/h6-9,12-15,22,29-30,34-35,37,39-41,43,46,49-52,55,59,76-77H,16-21,23-28,31-33,36,38H2,1-5H3,(H2,63,68)(H,66,78)/t40-,41+,49?,50+,52?,55-,59+/m0/s1. The molecule has 6 aromatic rings. The first-order valence-electron chi connectivity index (χ1n) is 29.4. The van der Waals surface area contributed by atoms with Gasteiger partial charge in [0, 0.05) is 87.6 Å². The number of piperidine rings is 3. The van der Waals surface area contributed by atoms with Crippen LogP contribution in [0.3, 0.4) is 0 Å². The summed E-state index contributed by atoms with van der Waals surface area (Å²) in [4.78, 5) is 41.7. The molecule has 0 radical (unpaired) electrons. The summed E-state index contributed by atoms with van der Waals surface area (Å²) >= 11 is 0. The highest BCUT2D eigenvalue weighted by Gasteiger charge is 2.44. The van der Waals surface area contributed by atoms with Crippen molar-refractivity contribution >= 4 is 23.5 Å². The Kier molecular flexibility index (Phi) is 16.9. The number of nitrogen functional groups attached to an aromatic ring is 1. The molecule has 8 heterocycles. The van der Waals surface area contributed by atoms with Crippen LogP contribution in [0.25, 0.3) is 16.9 Å². The first-order valence-corrected chi connectivity index (χ1v) is 29.4. The zero-order chi connectivity index (χ0) is 56.3. The molecule has 5 atom stereocenters. The Morgan fingerprint density at radius 2 is 1.64 bits per heavy atom. The van der Waals surface area contributed by atoms with Gasteiger partial charge in [-0.15, -0.1) is 10.2 Å². The number of likely N-dealkylation sites (tertiary alicyclic amines) is 3. The number of aryl methyl sites for hydroxylation is 1. The molecule has 1 saturated carbocycles. The van der Waals surface area contributed by atoms with Crippen LogP contribution in [0.15, 0.2) is 90.0 Å². The molecule has 5 fully saturated rings. The van der Waals surface area contributed by atoms with Crippen LogP contribution >= 0.6 is 0 Å². The van der Waals surface area contributed by atoms with Crippen molar-refractivity contribution < 1.29 is 29.1 Å². The number of phenols is 1. The second-order valence-corrected chi connectivity index (χ2v) is 23.8. The fraction of sp³-hybridized carbons (Fsp3) is 0.532. The van der Waals surface area contributed by atoms with Crippen LogP contribution < -0.4 is 16.0 Å². The number of β-amino-alcohol motifs (C(OH)–C–C–N with tert-alkyl or cyclic N) is 1. The van der Waals surface area contributed by atoms with Crippen molar-refractivity contribution in [3.05, 3.63) is 114 Å². The summed E-state index contributed by atoms with van der Waals surface area (Å²) in [5.74, 6) is 8.67. The van der Waals surface area contributed by atoms with E-state index < -0.39 is 18.1 Å². The van der Waals surface area contributed by atoms with Crippen molar-refractivity contribution in [2.24, 2.45) is 17.8 Å². The minimum absolute atomic E-state index is 0.0856. The van der Waals surface area contributed by atoms with Gasteiger partial charge in [-0.2, -0.15) is 5.10 Å². The van der Waals surface area contributed by atoms with Crippen molar-refractivity contribution in [3.63, 3.8) is 0 Å². The van der Waals surface area contributed by atoms with Gasteiger partial charge in [0.05, 0.1) is 53.4 Å². The molecule has 81 heavy (non-hydrogen) atoms. The second-order valence-electron chi connectivity index (χ2n) is 23.8. The van der Waals surface area contributed by atoms with Crippen LogP contribution in [0.4, 0.5) is 11.6 Å². The van der Waals surface area contributed by atoms with Gasteiger partial charge in [-0.25, -0.2) is 4.98 Å². The SMILES string of the molecule is Cc1nccn1-c1ccc([C@H](C)NC(=O)[C@@H]2C[C@@H](O)CN2C(=O)[C@@H](c2cc(N3CCC(CN4CCC(OC5CC(N6CCC([C@@H](C)n7cc(C#Cc8cc(-c9ccccc9O)nnc8N)cn7)CC6)C5)CC4)CC3)no2)C(C)C)cc1. The number of nitrogens with one attached hydrogen (secondary N) is 1. The zero-order valence-electron chi connectivity index (χ0n) is 47.5. The number of anilines is 2. The van der Waals surface area contributed by atoms with Crippen molar-refractivity contribution in [2.45, 2.75) is 141 Å². The van der Waals surface area contributed by atoms with Gasteiger partial charge in [-0.1, -0.05) is 55.1 Å². The Balaban J connectivity index is 0.580. The molecule has 0 unspecified atom stereocenters. The summed E-state index contributed by atoms with van der Waals surface area (Å²) in [5.41, 5.74) is 10.5. The molecule has 11 rings (SSSR count). The van der Waals surface area contributed by atoms with Crippen LogP contribution in [0.5, 0.6) is 5.75 Å². The molecule has 0 bridgehead atoms. The average molecular weight is 1100 g/mol. The van der Waals surface area contributed by atoms with E-state index in [9.17, 15) is 19.8 Å². The number of carbonyl (C=O) groups is 2. The molecule has 2 aromatic carbocycles. The van der Waals surface area contributed by atoms with Crippen LogP contribution in [-0.4, -0.2) is 154 Å². The molecule has 4 aromatic heterocycles. The number of rotatable bonds is 16. The topological polar surface area (TPSA) is 222 Å². The van der Waals surface area contributed by atoms with Crippen LogP contribution in [-0.2, 0) is 14.3 Å². The molecule has 4 saturated heterocycles. The van der Waals surface area contributed by atoms with E-state index in [1.165, 1.54) is 4.90 Å². The minimum atomic E-state index is -0.802. The van der Waals surface area contributed by atoms with E-state index in [2.05, 4.69) is 63.8 Å². The number of aromatic nitrogens is 7. The molecule has 1 aliphatic carbocycles. The van der Waals surface area contributed by atoms with Gasteiger partial charge in [0.15, 0.2) is 17.4 Å². The molecule has 0 spiro atoms. The van der Waals surface area contributed by atoms with Crippen LogP contribution in [0.1, 0.15) is 132 Å². The van der Waals surface area contributed by atoms with Crippen LogP contribution in [0.2, 0.25) is 0 Å². The zero-order valence-corrected chi connectivity index (χ0v) is 47.5. The summed E-state index contributed by atoms with van der Waals surface area (Å²) < 4.78 is 16.7. The second kappa shape index (κ2) is 24.5.